The molecule has 14 heavy (non-hydrogen) atoms. The molecule has 1 amide bonds. The van der Waals surface area contributed by atoms with Gasteiger partial charge in [-0.15, -0.1) is 0 Å². The molecule has 0 aliphatic carbocycles. The summed E-state index contributed by atoms with van der Waals surface area (Å²) in [6.07, 6.45) is 2.19. The number of carbonyl (C=O) groups is 1. The average Bonchev–Trinajstić information content (AvgIpc) is 2.11. The predicted molar refractivity (Wildman–Crippen MR) is 59.5 cm³/mol. The lowest BCUT2D eigenvalue weighted by atomic mass is 10.5. The Labute approximate surface area is 88.1 Å². The molecule has 0 aliphatic rings. The van der Waals surface area contributed by atoms with Crippen LogP contribution in [-0.4, -0.2) is 34.8 Å². The van der Waals surface area contributed by atoms with Crippen molar-refractivity contribution in [3.05, 3.63) is 0 Å². The van der Waals surface area contributed by atoms with Crippen LogP contribution in [0, 0.1) is 0 Å². The van der Waals surface area contributed by atoms with Gasteiger partial charge in [0.25, 0.3) is 0 Å². The molecular weight excluding hydrogens is 223 g/mol. The topological polar surface area (TPSA) is 106 Å². The van der Waals surface area contributed by atoms with Gasteiger partial charge in [-0.3, -0.25) is 9.36 Å². The zero-order chi connectivity index (χ0) is 11.2. The predicted octanol–water partition coefficient (Wildman–Crippen LogP) is 0.170. The Hall–Kier alpha value is -0.0300. The number of thioether (sulfide) groups is 1. The van der Waals surface area contributed by atoms with Crippen molar-refractivity contribution in [1.29, 1.82) is 0 Å². The Kier molecular flexibility index (Phi) is 6.44. The van der Waals surface area contributed by atoms with Gasteiger partial charge in [0.2, 0.25) is 13.3 Å². The first-order valence-corrected chi connectivity index (χ1v) is 7.55. The van der Waals surface area contributed by atoms with E-state index in [9.17, 15) is 14.3 Å². The lowest BCUT2D eigenvalue weighted by molar-refractivity contribution is -0.117. The molecule has 0 saturated heterocycles. The highest BCUT2D eigenvalue weighted by atomic mass is 32.2. The fraction of sp³-hybridized carbons (Fsp3) is 0.857. The molecule has 7 heteroatoms. The number of carbonyl (C=O) groups excluding carboxylic acids is 1. The first-order valence-electron chi connectivity index (χ1n) is 4.24. The van der Waals surface area contributed by atoms with Gasteiger partial charge in [-0.25, -0.2) is 0 Å². The van der Waals surface area contributed by atoms with Gasteiger partial charge in [0.05, 0.1) is 5.78 Å². The highest BCUT2D eigenvalue weighted by Gasteiger charge is 2.27. The van der Waals surface area contributed by atoms with Crippen LogP contribution in [0.5, 0.6) is 0 Å². The van der Waals surface area contributed by atoms with E-state index in [1.165, 1.54) is 0 Å². The van der Waals surface area contributed by atoms with Gasteiger partial charge in [0.15, 0.2) is 0 Å². The molecular formula is C7H17N2O3PS. The lowest BCUT2D eigenvalue weighted by Gasteiger charge is -2.18. The van der Waals surface area contributed by atoms with E-state index in [0.717, 1.165) is 5.75 Å². The molecule has 2 unspecified atom stereocenters. The van der Waals surface area contributed by atoms with Gasteiger partial charge in [0, 0.05) is 12.6 Å². The number of amides is 1. The van der Waals surface area contributed by atoms with Crippen molar-refractivity contribution in [2.24, 2.45) is 11.5 Å². The van der Waals surface area contributed by atoms with Crippen molar-refractivity contribution < 1.29 is 14.3 Å². The number of hydrogen-bond donors (Lipinski definition) is 3. The van der Waals surface area contributed by atoms with Gasteiger partial charge >= 0.3 is 0 Å². The summed E-state index contributed by atoms with van der Waals surface area (Å²) in [6, 6.07) is 0. The summed E-state index contributed by atoms with van der Waals surface area (Å²) in [6.45, 7) is 0. The monoisotopic (exact) mass is 240 g/mol. The second kappa shape index (κ2) is 6.45. The molecule has 0 saturated carbocycles. The fourth-order valence-electron chi connectivity index (χ4n) is 0.877. The summed E-state index contributed by atoms with van der Waals surface area (Å²) in [5.41, 5.74) is 10.4. The van der Waals surface area contributed by atoms with Crippen LogP contribution in [0.1, 0.15) is 12.8 Å². The van der Waals surface area contributed by atoms with E-state index >= 15 is 0 Å². The Balaban J connectivity index is 4.02. The van der Waals surface area contributed by atoms with E-state index in [1.807, 2.05) is 6.26 Å². The van der Waals surface area contributed by atoms with E-state index in [1.54, 1.807) is 11.8 Å². The summed E-state index contributed by atoms with van der Waals surface area (Å²) in [7, 11) is -3.40. The van der Waals surface area contributed by atoms with Crippen LogP contribution in [-0.2, 0) is 9.36 Å². The minimum atomic E-state index is -3.40. The molecule has 0 heterocycles. The summed E-state index contributed by atoms with van der Waals surface area (Å²) in [5, 5.41) is 0. The Morgan fingerprint density at radius 1 is 1.64 bits per heavy atom. The second-order valence-corrected chi connectivity index (χ2v) is 6.65. The van der Waals surface area contributed by atoms with Gasteiger partial charge in [-0.2, -0.15) is 11.8 Å². The van der Waals surface area contributed by atoms with Crippen LogP contribution in [0.15, 0.2) is 0 Å². The first-order chi connectivity index (χ1) is 6.40. The summed E-state index contributed by atoms with van der Waals surface area (Å²) >= 11 is 1.57. The molecule has 5 N–H and O–H groups in total. The van der Waals surface area contributed by atoms with Crippen molar-refractivity contribution in [2.45, 2.75) is 18.6 Å². The highest BCUT2D eigenvalue weighted by molar-refractivity contribution is 7.98. The number of nitrogens with two attached hydrogens (primary N) is 2. The van der Waals surface area contributed by atoms with Crippen LogP contribution >= 0.6 is 19.1 Å². The normalized spacial score (nSPS) is 17.4. The van der Waals surface area contributed by atoms with E-state index < -0.39 is 19.1 Å². The van der Waals surface area contributed by atoms with Crippen LogP contribution in [0.25, 0.3) is 0 Å². The molecule has 2 atom stereocenters. The van der Waals surface area contributed by atoms with E-state index in [4.69, 9.17) is 11.5 Å². The van der Waals surface area contributed by atoms with E-state index in [0.29, 0.717) is 6.42 Å². The quantitative estimate of drug-likeness (QED) is 0.550. The van der Waals surface area contributed by atoms with Gasteiger partial charge in [0.1, 0.15) is 0 Å². The molecule has 0 bridgehead atoms. The molecule has 0 aromatic heterocycles. The van der Waals surface area contributed by atoms with Crippen LogP contribution in [0.3, 0.4) is 0 Å². The van der Waals surface area contributed by atoms with Crippen molar-refractivity contribution in [3.8, 4) is 0 Å². The Morgan fingerprint density at radius 3 is 2.64 bits per heavy atom. The summed E-state index contributed by atoms with van der Waals surface area (Å²) in [5.74, 6) is -0.576. The second-order valence-electron chi connectivity index (χ2n) is 3.04. The Bertz CT molecular complexity index is 237. The molecule has 84 valence electrons. The van der Waals surface area contributed by atoms with Crippen molar-refractivity contribution in [2.75, 3.05) is 18.2 Å². The third kappa shape index (κ3) is 5.65. The molecule has 0 fully saturated rings. The summed E-state index contributed by atoms with van der Waals surface area (Å²) < 4.78 is 11.5. The van der Waals surface area contributed by atoms with Crippen LogP contribution in [0.4, 0.5) is 0 Å². The molecule has 0 aromatic rings. The SMILES string of the molecule is CSCCC(N)P(=O)(O)CCC(N)=O. The lowest BCUT2D eigenvalue weighted by Crippen LogP contribution is -2.24. The van der Waals surface area contributed by atoms with Gasteiger partial charge in [-0.05, 0) is 18.4 Å². The highest BCUT2D eigenvalue weighted by Crippen LogP contribution is 2.45. The minimum absolute atomic E-state index is 0.0826. The maximum atomic E-state index is 11.5. The molecule has 0 rings (SSSR count). The Morgan fingerprint density at radius 2 is 2.21 bits per heavy atom. The number of hydrogen-bond acceptors (Lipinski definition) is 4. The third-order valence-corrected chi connectivity index (χ3v) is 4.62. The molecule has 0 radical (unpaired) electrons. The van der Waals surface area contributed by atoms with E-state index in [2.05, 4.69) is 0 Å². The summed E-state index contributed by atoms with van der Waals surface area (Å²) in [4.78, 5) is 19.9. The molecule has 0 aromatic carbocycles. The standard InChI is InChI=1S/C7H17N2O3PS/c1-14-5-3-7(9)13(11,12)4-2-6(8)10/h7H,2-5,9H2,1H3,(H2,8,10)(H,11,12). The van der Waals surface area contributed by atoms with Gasteiger partial charge < -0.3 is 16.4 Å². The van der Waals surface area contributed by atoms with Crippen molar-refractivity contribution in [1.82, 2.24) is 0 Å². The molecule has 0 aliphatic heterocycles. The largest absolute Gasteiger partial charge is 0.370 e. The zero-order valence-corrected chi connectivity index (χ0v) is 9.89. The first kappa shape index (κ1) is 14.0. The van der Waals surface area contributed by atoms with Crippen LogP contribution < -0.4 is 11.5 Å². The third-order valence-electron chi connectivity index (χ3n) is 1.81. The van der Waals surface area contributed by atoms with Crippen molar-refractivity contribution >= 4 is 25.0 Å². The minimum Gasteiger partial charge on any atom is -0.370 e. The number of primary amides is 1. The maximum Gasteiger partial charge on any atom is 0.217 e. The van der Waals surface area contributed by atoms with Crippen molar-refractivity contribution in [3.63, 3.8) is 0 Å². The fourth-order valence-corrected chi connectivity index (χ4v) is 2.95. The number of rotatable bonds is 7. The van der Waals surface area contributed by atoms with Crippen LogP contribution in [0.2, 0.25) is 0 Å². The maximum absolute atomic E-state index is 11.5. The van der Waals surface area contributed by atoms with Gasteiger partial charge in [-0.1, -0.05) is 0 Å². The molecule has 5 nitrogen and oxygen atoms in total. The molecule has 0 spiro atoms. The van der Waals surface area contributed by atoms with E-state index in [-0.39, 0.29) is 12.6 Å². The zero-order valence-electron chi connectivity index (χ0n) is 8.18. The smallest absolute Gasteiger partial charge is 0.217 e. The average molecular weight is 240 g/mol.